The van der Waals surface area contributed by atoms with Crippen molar-refractivity contribution in [2.45, 2.75) is 38.5 Å². The van der Waals surface area contributed by atoms with Gasteiger partial charge >= 0.3 is 0 Å². The second-order valence-electron chi connectivity index (χ2n) is 6.76. The van der Waals surface area contributed by atoms with Crippen LogP contribution < -0.4 is 14.8 Å². The van der Waals surface area contributed by atoms with Gasteiger partial charge in [0.05, 0.1) is 6.04 Å². The summed E-state index contributed by atoms with van der Waals surface area (Å²) >= 11 is 0. The molecule has 0 spiro atoms. The van der Waals surface area contributed by atoms with E-state index in [9.17, 15) is 0 Å². The van der Waals surface area contributed by atoms with Crippen molar-refractivity contribution in [1.29, 1.82) is 0 Å². The van der Waals surface area contributed by atoms with Crippen molar-refractivity contribution in [1.82, 2.24) is 5.32 Å². The zero-order valence-electron chi connectivity index (χ0n) is 13.1. The van der Waals surface area contributed by atoms with E-state index in [2.05, 4.69) is 49.5 Å². The number of hydrogen-bond acceptors (Lipinski definition) is 3. The topological polar surface area (TPSA) is 30.5 Å². The predicted octanol–water partition coefficient (Wildman–Crippen LogP) is 3.62. The first-order valence-electron chi connectivity index (χ1n) is 7.87. The number of rotatable bonds is 3. The van der Waals surface area contributed by atoms with Gasteiger partial charge in [0.25, 0.3) is 0 Å². The van der Waals surface area contributed by atoms with Gasteiger partial charge in [-0.1, -0.05) is 30.3 Å². The number of benzene rings is 2. The van der Waals surface area contributed by atoms with E-state index in [0.717, 1.165) is 24.5 Å². The Labute approximate surface area is 131 Å². The third-order valence-corrected chi connectivity index (χ3v) is 4.38. The normalized spacial score (nSPS) is 20.9. The molecule has 0 radical (unpaired) electrons. The molecular formula is C19H21NO2. The summed E-state index contributed by atoms with van der Waals surface area (Å²) in [4.78, 5) is 0. The zero-order chi connectivity index (χ0) is 15.2. The maximum absolute atomic E-state index is 5.93. The Morgan fingerprint density at radius 3 is 2.91 bits per heavy atom. The van der Waals surface area contributed by atoms with E-state index in [0.29, 0.717) is 6.61 Å². The summed E-state index contributed by atoms with van der Waals surface area (Å²) in [6, 6.07) is 15.0. The zero-order valence-corrected chi connectivity index (χ0v) is 13.1. The van der Waals surface area contributed by atoms with Gasteiger partial charge in [-0.3, -0.25) is 0 Å². The molecular weight excluding hydrogens is 274 g/mol. The fourth-order valence-electron chi connectivity index (χ4n) is 3.35. The van der Waals surface area contributed by atoms with Gasteiger partial charge in [0, 0.05) is 18.5 Å². The Hall–Kier alpha value is -2.00. The Kier molecular flexibility index (Phi) is 3.12. The van der Waals surface area contributed by atoms with E-state index in [1.807, 2.05) is 12.1 Å². The van der Waals surface area contributed by atoms with Crippen LogP contribution in [0.2, 0.25) is 0 Å². The predicted molar refractivity (Wildman–Crippen MR) is 86.4 cm³/mol. The molecule has 114 valence electrons. The lowest BCUT2D eigenvalue weighted by molar-refractivity contribution is 0.138. The monoisotopic (exact) mass is 295 g/mol. The van der Waals surface area contributed by atoms with Crippen LogP contribution in [0.1, 0.15) is 36.6 Å². The van der Waals surface area contributed by atoms with Gasteiger partial charge in [0.15, 0.2) is 0 Å². The Morgan fingerprint density at radius 1 is 1.14 bits per heavy atom. The van der Waals surface area contributed by atoms with Crippen molar-refractivity contribution in [3.05, 3.63) is 59.2 Å². The summed E-state index contributed by atoms with van der Waals surface area (Å²) in [5.74, 6) is 2.03. The molecule has 0 saturated carbocycles. The molecule has 1 unspecified atom stereocenters. The second kappa shape index (κ2) is 5.03. The van der Waals surface area contributed by atoms with E-state index >= 15 is 0 Å². The third kappa shape index (κ3) is 2.46. The maximum atomic E-state index is 5.93. The minimum absolute atomic E-state index is 0.0768. The highest BCUT2D eigenvalue weighted by Gasteiger charge is 2.30. The molecule has 3 heteroatoms. The lowest BCUT2D eigenvalue weighted by atomic mass is 10.00. The van der Waals surface area contributed by atoms with Crippen molar-refractivity contribution in [2.24, 2.45) is 0 Å². The number of para-hydroxylation sites is 1. The molecule has 0 amide bonds. The van der Waals surface area contributed by atoms with E-state index < -0.39 is 0 Å². The molecule has 0 saturated heterocycles. The van der Waals surface area contributed by atoms with E-state index in [-0.39, 0.29) is 11.6 Å². The van der Waals surface area contributed by atoms with Crippen LogP contribution in [-0.2, 0) is 13.0 Å². The minimum Gasteiger partial charge on any atom is -0.491 e. The average Bonchev–Trinajstić information content (AvgIpc) is 3.03. The van der Waals surface area contributed by atoms with E-state index in [1.165, 1.54) is 16.7 Å². The van der Waals surface area contributed by atoms with Crippen LogP contribution in [0.4, 0.5) is 0 Å². The maximum Gasteiger partial charge on any atom is 0.124 e. The van der Waals surface area contributed by atoms with Crippen LogP contribution in [0.15, 0.2) is 42.5 Å². The minimum atomic E-state index is -0.0768. The van der Waals surface area contributed by atoms with Crippen LogP contribution in [-0.4, -0.2) is 12.2 Å². The van der Waals surface area contributed by atoms with Crippen molar-refractivity contribution >= 4 is 0 Å². The van der Waals surface area contributed by atoms with Crippen molar-refractivity contribution < 1.29 is 9.47 Å². The Morgan fingerprint density at radius 2 is 2.00 bits per heavy atom. The second-order valence-corrected chi connectivity index (χ2v) is 6.76. The average molecular weight is 295 g/mol. The summed E-state index contributed by atoms with van der Waals surface area (Å²) in [7, 11) is 0. The van der Waals surface area contributed by atoms with E-state index in [4.69, 9.17) is 9.47 Å². The molecule has 0 aromatic heterocycles. The van der Waals surface area contributed by atoms with E-state index in [1.54, 1.807) is 0 Å². The Balaban J connectivity index is 1.46. The standard InChI is InChI=1S/C19H21NO2/c1-19(2)10-14-9-13(7-8-17(14)22-19)11-20-16-12-21-18-6-4-3-5-15(16)18/h3-9,16,20H,10-12H2,1-2H3. The number of nitrogens with one attached hydrogen (secondary N) is 1. The van der Waals surface area contributed by atoms with Crippen LogP contribution in [0.25, 0.3) is 0 Å². The van der Waals surface area contributed by atoms with Gasteiger partial charge in [-0.25, -0.2) is 0 Å². The van der Waals surface area contributed by atoms with Crippen molar-refractivity contribution in [2.75, 3.05) is 6.61 Å². The summed E-state index contributed by atoms with van der Waals surface area (Å²) in [5.41, 5.74) is 3.79. The molecule has 0 fully saturated rings. The van der Waals surface area contributed by atoms with Gasteiger partial charge in [-0.05, 0) is 37.1 Å². The largest absolute Gasteiger partial charge is 0.491 e. The highest BCUT2D eigenvalue weighted by atomic mass is 16.5. The third-order valence-electron chi connectivity index (χ3n) is 4.38. The highest BCUT2D eigenvalue weighted by Crippen LogP contribution is 2.35. The van der Waals surface area contributed by atoms with Crippen LogP contribution in [0.5, 0.6) is 11.5 Å². The molecule has 0 bridgehead atoms. The molecule has 0 aliphatic carbocycles. The summed E-state index contributed by atoms with van der Waals surface area (Å²) in [6.45, 7) is 5.83. The molecule has 4 rings (SSSR count). The van der Waals surface area contributed by atoms with Gasteiger partial charge < -0.3 is 14.8 Å². The van der Waals surface area contributed by atoms with Crippen LogP contribution >= 0.6 is 0 Å². The van der Waals surface area contributed by atoms with Gasteiger partial charge in [-0.15, -0.1) is 0 Å². The van der Waals surface area contributed by atoms with Gasteiger partial charge in [0.2, 0.25) is 0 Å². The Bertz CT molecular complexity index is 708. The number of fused-ring (bicyclic) bond motifs is 2. The van der Waals surface area contributed by atoms with Crippen molar-refractivity contribution in [3.8, 4) is 11.5 Å². The molecule has 2 aliphatic rings. The van der Waals surface area contributed by atoms with Crippen molar-refractivity contribution in [3.63, 3.8) is 0 Å². The SMILES string of the molecule is CC1(C)Cc2cc(CNC3COc4ccccc43)ccc2O1. The fourth-order valence-corrected chi connectivity index (χ4v) is 3.35. The summed E-state index contributed by atoms with van der Waals surface area (Å²) in [6.07, 6.45) is 0.978. The number of ether oxygens (including phenoxy) is 2. The number of hydrogen-bond donors (Lipinski definition) is 1. The summed E-state index contributed by atoms with van der Waals surface area (Å²) in [5, 5.41) is 3.60. The lowest BCUT2D eigenvalue weighted by Crippen LogP contribution is -2.24. The van der Waals surface area contributed by atoms with Crippen LogP contribution in [0.3, 0.4) is 0 Å². The lowest BCUT2D eigenvalue weighted by Gasteiger charge is -2.16. The van der Waals surface area contributed by atoms with Gasteiger partial charge in [0.1, 0.15) is 23.7 Å². The first-order chi connectivity index (χ1) is 10.6. The first-order valence-corrected chi connectivity index (χ1v) is 7.87. The smallest absolute Gasteiger partial charge is 0.124 e. The molecule has 1 N–H and O–H groups in total. The molecule has 22 heavy (non-hydrogen) atoms. The molecule has 2 aromatic carbocycles. The quantitative estimate of drug-likeness (QED) is 0.938. The molecule has 2 aliphatic heterocycles. The van der Waals surface area contributed by atoms with Crippen LogP contribution in [0, 0.1) is 0 Å². The highest BCUT2D eigenvalue weighted by molar-refractivity contribution is 5.42. The molecule has 3 nitrogen and oxygen atoms in total. The molecule has 2 heterocycles. The summed E-state index contributed by atoms with van der Waals surface area (Å²) < 4.78 is 11.7. The first kappa shape index (κ1) is 13.6. The molecule has 2 aromatic rings. The van der Waals surface area contributed by atoms with Gasteiger partial charge in [-0.2, -0.15) is 0 Å². The fraction of sp³-hybridized carbons (Fsp3) is 0.368. The molecule has 1 atom stereocenters.